The highest BCUT2D eigenvalue weighted by molar-refractivity contribution is 9.10. The first-order valence-electron chi connectivity index (χ1n) is 8.16. The van der Waals surface area contributed by atoms with E-state index in [1.165, 1.54) is 0 Å². The lowest BCUT2D eigenvalue weighted by atomic mass is 9.82. The Hall–Kier alpha value is -1.76. The number of benzene rings is 1. The molecule has 0 radical (unpaired) electrons. The zero-order valence-corrected chi connectivity index (χ0v) is 15.3. The fraction of sp³-hybridized carbons (Fsp3) is 0.529. The van der Waals surface area contributed by atoms with Crippen molar-refractivity contribution < 1.29 is 23.8 Å². The largest absolute Gasteiger partial charge is 0.508 e. The van der Waals surface area contributed by atoms with Crippen LogP contribution in [0.25, 0.3) is 0 Å². The van der Waals surface area contributed by atoms with E-state index in [2.05, 4.69) is 15.9 Å². The van der Waals surface area contributed by atoms with Crippen LogP contribution >= 0.6 is 15.9 Å². The molecule has 1 amide bonds. The molecule has 0 fully saturated rings. The van der Waals surface area contributed by atoms with Gasteiger partial charge in [0.2, 0.25) is 0 Å². The van der Waals surface area contributed by atoms with Gasteiger partial charge in [0.25, 0.3) is 0 Å². The van der Waals surface area contributed by atoms with Gasteiger partial charge in [0.05, 0.1) is 18.9 Å². The summed E-state index contributed by atoms with van der Waals surface area (Å²) >= 11 is 3.56. The smallest absolute Gasteiger partial charge is 0.449 e. The molecule has 1 aliphatic heterocycles. The monoisotopic (exact) mass is 397 g/mol. The number of rotatable bonds is 3. The fourth-order valence-electron chi connectivity index (χ4n) is 3.49. The molecule has 2 atom stereocenters. The number of ether oxygens (including phenoxy) is 3. The molecule has 0 spiro atoms. The van der Waals surface area contributed by atoms with E-state index in [1.807, 2.05) is 12.1 Å². The summed E-state index contributed by atoms with van der Waals surface area (Å²) in [6, 6.07) is 3.79. The van der Waals surface area contributed by atoms with Crippen LogP contribution in [0.15, 0.2) is 16.6 Å². The molecular weight excluding hydrogens is 378 g/mol. The topological polar surface area (TPSA) is 65.1 Å². The number of anilines is 1. The summed E-state index contributed by atoms with van der Waals surface area (Å²) in [6.07, 6.45) is 0.183. The first kappa shape index (κ1) is 17.1. The minimum absolute atomic E-state index is 0.235. The Bertz CT molecular complexity index is 663. The Labute approximate surface area is 149 Å². The van der Waals surface area contributed by atoms with E-state index in [0.717, 1.165) is 27.7 Å². The second-order valence-electron chi connectivity index (χ2n) is 5.77. The van der Waals surface area contributed by atoms with E-state index < -0.39 is 6.16 Å². The molecule has 2 aliphatic rings. The van der Waals surface area contributed by atoms with Crippen molar-refractivity contribution in [2.45, 2.75) is 38.7 Å². The van der Waals surface area contributed by atoms with E-state index in [9.17, 15) is 9.59 Å². The minimum atomic E-state index is -0.661. The lowest BCUT2D eigenvalue weighted by Gasteiger charge is -2.28. The summed E-state index contributed by atoms with van der Waals surface area (Å²) in [6.45, 7) is 4.75. The number of carbonyl (C=O) groups excluding carboxylic acids is 2. The fourth-order valence-corrected chi connectivity index (χ4v) is 4.09. The molecule has 1 heterocycles. The van der Waals surface area contributed by atoms with Gasteiger partial charge in [-0.25, -0.2) is 9.59 Å². The predicted octanol–water partition coefficient (Wildman–Crippen LogP) is 4.52. The quantitative estimate of drug-likeness (QED) is 0.701. The van der Waals surface area contributed by atoms with Crippen LogP contribution in [0.5, 0.6) is 0 Å². The third-order valence-corrected chi connectivity index (χ3v) is 5.09. The van der Waals surface area contributed by atoms with Crippen LogP contribution in [-0.2, 0) is 14.2 Å². The van der Waals surface area contributed by atoms with Crippen molar-refractivity contribution in [3.8, 4) is 0 Å². The lowest BCUT2D eigenvalue weighted by Crippen LogP contribution is -2.30. The molecule has 130 valence electrons. The van der Waals surface area contributed by atoms with Gasteiger partial charge in [-0.2, -0.15) is 0 Å². The summed E-state index contributed by atoms with van der Waals surface area (Å²) in [7, 11) is 0. The molecule has 2 unspecified atom stereocenters. The van der Waals surface area contributed by atoms with E-state index in [4.69, 9.17) is 14.2 Å². The van der Waals surface area contributed by atoms with E-state index in [1.54, 1.807) is 18.7 Å². The third-order valence-electron chi connectivity index (χ3n) is 4.40. The Balaban J connectivity index is 1.95. The third kappa shape index (κ3) is 2.97. The van der Waals surface area contributed by atoms with E-state index >= 15 is 0 Å². The molecule has 0 saturated heterocycles. The molecule has 7 heteroatoms. The normalized spacial score (nSPS) is 21.2. The van der Waals surface area contributed by atoms with Crippen LogP contribution in [0.3, 0.4) is 0 Å². The molecular formula is C17H20BrNO5. The highest BCUT2D eigenvalue weighted by Crippen LogP contribution is 2.51. The lowest BCUT2D eigenvalue weighted by molar-refractivity contribution is 0.0186. The van der Waals surface area contributed by atoms with Gasteiger partial charge in [-0.15, -0.1) is 0 Å². The summed E-state index contributed by atoms with van der Waals surface area (Å²) in [5, 5.41) is 0. The average Bonchev–Trinajstić information content (AvgIpc) is 2.92. The van der Waals surface area contributed by atoms with Crippen LogP contribution in [0.4, 0.5) is 15.3 Å². The minimum Gasteiger partial charge on any atom is -0.449 e. The maximum Gasteiger partial charge on any atom is 0.508 e. The van der Waals surface area contributed by atoms with Crippen molar-refractivity contribution in [3.63, 3.8) is 0 Å². The van der Waals surface area contributed by atoms with Gasteiger partial charge >= 0.3 is 12.2 Å². The Morgan fingerprint density at radius 1 is 1.17 bits per heavy atom. The van der Waals surface area contributed by atoms with Crippen molar-refractivity contribution in [2.75, 3.05) is 24.7 Å². The number of halogens is 1. The van der Waals surface area contributed by atoms with E-state index in [-0.39, 0.29) is 24.7 Å². The zero-order valence-electron chi connectivity index (χ0n) is 13.7. The summed E-state index contributed by atoms with van der Waals surface area (Å²) in [4.78, 5) is 25.6. The number of hydrogen-bond donors (Lipinski definition) is 0. The second-order valence-corrected chi connectivity index (χ2v) is 6.62. The summed E-state index contributed by atoms with van der Waals surface area (Å²) < 4.78 is 16.4. The molecule has 0 N–H and O–H groups in total. The first-order valence-corrected chi connectivity index (χ1v) is 8.96. The van der Waals surface area contributed by atoms with Gasteiger partial charge in [0.15, 0.2) is 0 Å². The molecule has 3 rings (SSSR count). The molecule has 0 saturated carbocycles. The van der Waals surface area contributed by atoms with Gasteiger partial charge < -0.3 is 14.2 Å². The van der Waals surface area contributed by atoms with Crippen molar-refractivity contribution in [2.24, 2.45) is 0 Å². The summed E-state index contributed by atoms with van der Waals surface area (Å²) in [5.41, 5.74) is 2.84. The van der Waals surface area contributed by atoms with Gasteiger partial charge in [-0.3, -0.25) is 4.90 Å². The first-order chi connectivity index (χ1) is 11.6. The van der Waals surface area contributed by atoms with Gasteiger partial charge in [-0.1, -0.05) is 15.9 Å². The van der Waals surface area contributed by atoms with E-state index in [0.29, 0.717) is 19.6 Å². The summed E-state index contributed by atoms with van der Waals surface area (Å²) in [5.74, 6) is 0.235. The van der Waals surface area contributed by atoms with Gasteiger partial charge in [0.1, 0.15) is 6.10 Å². The second kappa shape index (κ2) is 7.01. The number of hydrogen-bond acceptors (Lipinski definition) is 5. The average molecular weight is 398 g/mol. The Kier molecular flexibility index (Phi) is 4.99. The highest BCUT2D eigenvalue weighted by Gasteiger charge is 2.41. The molecule has 24 heavy (non-hydrogen) atoms. The maximum atomic E-state index is 12.2. The number of carbonyl (C=O) groups is 2. The van der Waals surface area contributed by atoms with Crippen LogP contribution in [0.1, 0.15) is 49.8 Å². The Morgan fingerprint density at radius 2 is 1.92 bits per heavy atom. The zero-order chi connectivity index (χ0) is 17.3. The van der Waals surface area contributed by atoms with Crippen molar-refractivity contribution in [1.82, 2.24) is 0 Å². The molecule has 1 aromatic rings. The van der Waals surface area contributed by atoms with Crippen LogP contribution < -0.4 is 4.90 Å². The molecule has 6 nitrogen and oxygen atoms in total. The number of nitrogens with zero attached hydrogens (tertiary/aromatic N) is 1. The van der Waals surface area contributed by atoms with Crippen LogP contribution in [-0.4, -0.2) is 32.0 Å². The van der Waals surface area contributed by atoms with Crippen molar-refractivity contribution in [3.05, 3.63) is 27.7 Å². The highest BCUT2D eigenvalue weighted by atomic mass is 79.9. The van der Waals surface area contributed by atoms with Gasteiger partial charge in [0, 0.05) is 22.5 Å². The SMILES string of the molecule is CCOC(=O)OC1CCC2CN(C(=O)OCC)c3ccc(Br)c1c32. The standard InChI is InChI=1S/C17H20BrNO5/c1-3-22-16(20)19-9-10-5-8-13(24-17(21)23-4-2)15-11(18)6-7-12(19)14(10)15/h6-7,10,13H,3-5,8-9H2,1-2H3. The van der Waals surface area contributed by atoms with Crippen LogP contribution in [0.2, 0.25) is 0 Å². The predicted molar refractivity (Wildman–Crippen MR) is 91.3 cm³/mol. The van der Waals surface area contributed by atoms with Gasteiger partial charge in [-0.05, 0) is 44.4 Å². The molecule has 1 aromatic carbocycles. The Morgan fingerprint density at radius 3 is 2.62 bits per heavy atom. The number of amides is 1. The maximum absolute atomic E-state index is 12.2. The molecule has 1 aliphatic carbocycles. The van der Waals surface area contributed by atoms with Crippen molar-refractivity contribution in [1.29, 1.82) is 0 Å². The molecule has 0 aromatic heterocycles. The molecule has 0 bridgehead atoms. The van der Waals surface area contributed by atoms with Crippen molar-refractivity contribution >= 4 is 33.9 Å². The van der Waals surface area contributed by atoms with Crippen LogP contribution in [0, 0.1) is 0 Å².